The van der Waals surface area contributed by atoms with E-state index in [0.29, 0.717) is 0 Å². The molecular weight excluding hydrogens is 401 g/mol. The molecule has 0 fully saturated rings. The van der Waals surface area contributed by atoms with E-state index in [4.69, 9.17) is 11.6 Å². The third kappa shape index (κ3) is 3.64. The number of benzene rings is 2. The maximum absolute atomic E-state index is 6.26. The molecule has 2 rings (SSSR count). The second-order valence-corrected chi connectivity index (χ2v) is 6.84. The highest BCUT2D eigenvalue weighted by molar-refractivity contribution is 9.11. The molecule has 0 heterocycles. The van der Waals surface area contributed by atoms with Crippen LogP contribution in [0.15, 0.2) is 45.3 Å². The van der Waals surface area contributed by atoms with Crippen LogP contribution in [0.5, 0.6) is 0 Å². The highest BCUT2D eigenvalue weighted by Crippen LogP contribution is 2.32. The molecule has 1 atom stereocenters. The molecule has 4 heteroatoms. The summed E-state index contributed by atoms with van der Waals surface area (Å²) < 4.78 is 2.14. The molecule has 0 aliphatic rings. The first kappa shape index (κ1) is 16.0. The molecule has 1 unspecified atom stereocenters. The summed E-state index contributed by atoms with van der Waals surface area (Å²) in [5.41, 5.74) is 3.47. The fourth-order valence-electron chi connectivity index (χ4n) is 2.14. The molecule has 2 aromatic carbocycles. The molecule has 0 spiro atoms. The lowest BCUT2D eigenvalue weighted by Crippen LogP contribution is -2.22. The SMILES string of the molecule is CCNC(c1ccc(C)c(Cl)c1)c1ccc(Br)cc1Br. The van der Waals surface area contributed by atoms with Gasteiger partial charge in [-0.15, -0.1) is 0 Å². The van der Waals surface area contributed by atoms with Gasteiger partial charge in [0.05, 0.1) is 6.04 Å². The quantitative estimate of drug-likeness (QED) is 0.656. The van der Waals surface area contributed by atoms with Crippen LogP contribution < -0.4 is 5.32 Å². The van der Waals surface area contributed by atoms with Crippen molar-refractivity contribution in [3.63, 3.8) is 0 Å². The fourth-order valence-corrected chi connectivity index (χ4v) is 3.60. The van der Waals surface area contributed by atoms with Crippen molar-refractivity contribution in [3.05, 3.63) is 67.1 Å². The Balaban J connectivity index is 2.47. The second kappa shape index (κ2) is 7.08. The molecule has 0 radical (unpaired) electrons. The molecule has 0 saturated carbocycles. The predicted molar refractivity (Wildman–Crippen MR) is 93.6 cm³/mol. The van der Waals surface area contributed by atoms with Gasteiger partial charge in [-0.1, -0.05) is 68.6 Å². The summed E-state index contributed by atoms with van der Waals surface area (Å²) in [6.07, 6.45) is 0. The Bertz CT molecular complexity index is 613. The molecule has 106 valence electrons. The average molecular weight is 418 g/mol. The summed E-state index contributed by atoms with van der Waals surface area (Å²) in [7, 11) is 0. The molecule has 0 aliphatic carbocycles. The lowest BCUT2D eigenvalue weighted by atomic mass is 9.98. The molecule has 0 aliphatic heterocycles. The van der Waals surface area contributed by atoms with Gasteiger partial charge in [-0.2, -0.15) is 0 Å². The summed E-state index contributed by atoms with van der Waals surface area (Å²) >= 11 is 13.4. The van der Waals surface area contributed by atoms with E-state index >= 15 is 0 Å². The normalized spacial score (nSPS) is 12.4. The first-order chi connectivity index (χ1) is 9.52. The standard InChI is InChI=1S/C16H16Br2ClN/c1-3-20-16(11-5-4-10(2)15(19)8-11)13-7-6-12(17)9-14(13)18/h4-9,16,20H,3H2,1-2H3. The van der Waals surface area contributed by atoms with Crippen molar-refractivity contribution >= 4 is 43.5 Å². The van der Waals surface area contributed by atoms with E-state index < -0.39 is 0 Å². The van der Waals surface area contributed by atoms with Crippen molar-refractivity contribution in [3.8, 4) is 0 Å². The van der Waals surface area contributed by atoms with E-state index in [1.54, 1.807) is 0 Å². The van der Waals surface area contributed by atoms with E-state index in [1.165, 1.54) is 11.1 Å². The lowest BCUT2D eigenvalue weighted by Gasteiger charge is -2.21. The number of aryl methyl sites for hydroxylation is 1. The van der Waals surface area contributed by atoms with Crippen molar-refractivity contribution in [1.29, 1.82) is 0 Å². The number of rotatable bonds is 4. The number of halogens is 3. The fraction of sp³-hybridized carbons (Fsp3) is 0.250. The van der Waals surface area contributed by atoms with Gasteiger partial charge in [-0.25, -0.2) is 0 Å². The molecule has 0 amide bonds. The zero-order chi connectivity index (χ0) is 14.7. The molecule has 0 bridgehead atoms. The minimum atomic E-state index is 0.126. The monoisotopic (exact) mass is 415 g/mol. The molecule has 0 saturated heterocycles. The first-order valence-corrected chi connectivity index (χ1v) is 8.43. The Morgan fingerprint density at radius 2 is 1.90 bits per heavy atom. The highest BCUT2D eigenvalue weighted by atomic mass is 79.9. The Morgan fingerprint density at radius 3 is 2.50 bits per heavy atom. The summed E-state index contributed by atoms with van der Waals surface area (Å²) in [6, 6.07) is 12.6. The van der Waals surface area contributed by atoms with E-state index in [9.17, 15) is 0 Å². The van der Waals surface area contributed by atoms with Crippen LogP contribution in [0.4, 0.5) is 0 Å². The van der Waals surface area contributed by atoms with Crippen LogP contribution in [0.25, 0.3) is 0 Å². The minimum absolute atomic E-state index is 0.126. The zero-order valence-electron chi connectivity index (χ0n) is 11.4. The third-order valence-corrected chi connectivity index (χ3v) is 4.80. The van der Waals surface area contributed by atoms with Crippen molar-refractivity contribution in [1.82, 2.24) is 5.32 Å². The van der Waals surface area contributed by atoms with Crippen LogP contribution in [0, 0.1) is 6.92 Å². The van der Waals surface area contributed by atoms with Crippen LogP contribution in [0.3, 0.4) is 0 Å². The topological polar surface area (TPSA) is 12.0 Å². The lowest BCUT2D eigenvalue weighted by molar-refractivity contribution is 0.628. The average Bonchev–Trinajstić information content (AvgIpc) is 2.40. The van der Waals surface area contributed by atoms with Crippen molar-refractivity contribution in [2.24, 2.45) is 0 Å². The number of hydrogen-bond donors (Lipinski definition) is 1. The van der Waals surface area contributed by atoms with Crippen molar-refractivity contribution in [2.45, 2.75) is 19.9 Å². The summed E-state index contributed by atoms with van der Waals surface area (Å²) in [5.74, 6) is 0. The van der Waals surface area contributed by atoms with Gasteiger partial charge in [0, 0.05) is 14.0 Å². The van der Waals surface area contributed by atoms with Crippen molar-refractivity contribution < 1.29 is 0 Å². The summed E-state index contributed by atoms with van der Waals surface area (Å²) in [6.45, 7) is 5.01. The van der Waals surface area contributed by atoms with Crippen LogP contribution >= 0.6 is 43.5 Å². The highest BCUT2D eigenvalue weighted by Gasteiger charge is 2.16. The van der Waals surface area contributed by atoms with Gasteiger partial charge in [0.2, 0.25) is 0 Å². The molecule has 0 aromatic heterocycles. The smallest absolute Gasteiger partial charge is 0.0588 e. The van der Waals surface area contributed by atoms with Gasteiger partial charge in [0.15, 0.2) is 0 Å². The third-order valence-electron chi connectivity index (χ3n) is 3.21. The number of nitrogens with one attached hydrogen (secondary N) is 1. The molecule has 1 N–H and O–H groups in total. The van der Waals surface area contributed by atoms with E-state index in [1.807, 2.05) is 13.0 Å². The molecule has 20 heavy (non-hydrogen) atoms. The Hall–Kier alpha value is -0.350. The van der Waals surface area contributed by atoms with E-state index in [0.717, 1.165) is 26.1 Å². The zero-order valence-corrected chi connectivity index (χ0v) is 15.3. The van der Waals surface area contributed by atoms with Gasteiger partial charge >= 0.3 is 0 Å². The van der Waals surface area contributed by atoms with Gasteiger partial charge in [-0.3, -0.25) is 0 Å². The van der Waals surface area contributed by atoms with E-state index in [2.05, 4.69) is 74.4 Å². The second-order valence-electron chi connectivity index (χ2n) is 4.67. The van der Waals surface area contributed by atoms with Gasteiger partial charge in [0.25, 0.3) is 0 Å². The largest absolute Gasteiger partial charge is 0.306 e. The van der Waals surface area contributed by atoms with Crippen LogP contribution in [-0.2, 0) is 0 Å². The van der Waals surface area contributed by atoms with Gasteiger partial charge in [-0.05, 0) is 48.4 Å². The van der Waals surface area contributed by atoms with Crippen LogP contribution in [0.2, 0.25) is 5.02 Å². The first-order valence-electron chi connectivity index (χ1n) is 6.47. The van der Waals surface area contributed by atoms with Crippen LogP contribution in [-0.4, -0.2) is 6.54 Å². The molecular formula is C16H16Br2ClN. The van der Waals surface area contributed by atoms with Gasteiger partial charge < -0.3 is 5.32 Å². The van der Waals surface area contributed by atoms with Crippen molar-refractivity contribution in [2.75, 3.05) is 6.54 Å². The van der Waals surface area contributed by atoms with E-state index in [-0.39, 0.29) is 6.04 Å². The maximum atomic E-state index is 6.26. The molecule has 1 nitrogen and oxygen atoms in total. The number of hydrogen-bond acceptors (Lipinski definition) is 1. The van der Waals surface area contributed by atoms with Crippen LogP contribution in [0.1, 0.15) is 29.7 Å². The predicted octanol–water partition coefficient (Wildman–Crippen LogP) is 5.87. The summed E-state index contributed by atoms with van der Waals surface area (Å²) in [5, 5.41) is 4.32. The Labute approximate surface area is 142 Å². The summed E-state index contributed by atoms with van der Waals surface area (Å²) in [4.78, 5) is 0. The Morgan fingerprint density at radius 1 is 1.15 bits per heavy atom. The van der Waals surface area contributed by atoms with Gasteiger partial charge in [0.1, 0.15) is 0 Å². The molecule has 2 aromatic rings. The minimum Gasteiger partial charge on any atom is -0.306 e. The Kier molecular flexibility index (Phi) is 5.67. The maximum Gasteiger partial charge on any atom is 0.0588 e.